The van der Waals surface area contributed by atoms with Crippen molar-refractivity contribution in [1.29, 1.82) is 0 Å². The molecule has 1 unspecified atom stereocenters. The van der Waals surface area contributed by atoms with Crippen LogP contribution in [0.15, 0.2) is 137 Å². The highest BCUT2D eigenvalue weighted by molar-refractivity contribution is 8.00. The van der Waals surface area contributed by atoms with Gasteiger partial charge in [-0.3, -0.25) is 14.4 Å². The summed E-state index contributed by atoms with van der Waals surface area (Å²) in [5, 5.41) is 10.0. The summed E-state index contributed by atoms with van der Waals surface area (Å²) < 4.78 is 5.69. The van der Waals surface area contributed by atoms with E-state index in [9.17, 15) is 14.4 Å². The average Bonchev–Trinajstić information content (AvgIpc) is 3.59. The number of carbonyl (C=O) groups is 3. The van der Waals surface area contributed by atoms with Crippen molar-refractivity contribution >= 4 is 58.3 Å². The van der Waals surface area contributed by atoms with Gasteiger partial charge in [-0.15, -0.1) is 23.1 Å². The molecule has 0 spiro atoms. The van der Waals surface area contributed by atoms with E-state index in [1.807, 2.05) is 97.2 Å². The van der Waals surface area contributed by atoms with Crippen molar-refractivity contribution in [2.45, 2.75) is 17.1 Å². The second kappa shape index (κ2) is 15.6. The van der Waals surface area contributed by atoms with E-state index < -0.39 is 11.2 Å². The number of nitrogens with one attached hydrogen (secondary N) is 3. The fourth-order valence-electron chi connectivity index (χ4n) is 4.36. The first-order valence-corrected chi connectivity index (χ1v) is 16.0. The molecule has 0 bridgehead atoms. The molecular formula is C36H31N3O4S2. The fourth-order valence-corrected chi connectivity index (χ4v) is 6.04. The Balaban J connectivity index is 1.31. The molecule has 0 aliphatic rings. The number of thioether (sulfide) groups is 1. The molecule has 0 radical (unpaired) electrons. The molecule has 3 amide bonds. The minimum Gasteiger partial charge on any atom is -0.492 e. The van der Waals surface area contributed by atoms with Crippen molar-refractivity contribution in [2.24, 2.45) is 0 Å². The summed E-state index contributed by atoms with van der Waals surface area (Å²) in [5.74, 6) is -0.414. The van der Waals surface area contributed by atoms with Crippen LogP contribution in [0, 0.1) is 0 Å². The van der Waals surface area contributed by atoms with E-state index in [0.29, 0.717) is 29.3 Å². The number of carbonyl (C=O) groups excluding carboxylic acids is 3. The van der Waals surface area contributed by atoms with Crippen LogP contribution in [0.5, 0.6) is 5.75 Å². The van der Waals surface area contributed by atoms with E-state index >= 15 is 0 Å². The lowest BCUT2D eigenvalue weighted by molar-refractivity contribution is -0.116. The van der Waals surface area contributed by atoms with Gasteiger partial charge in [-0.05, 0) is 78.5 Å². The standard InChI is InChI=1S/C36H31N3O4S2/c1-2-43-32-18-10-9-17-30(32)38-36(42)33(25-12-5-3-6-13-25)45-28-21-19-27(20-22-28)37-35(41)31(24-29-16-11-23-44-29)39-34(40)26-14-7-4-8-15-26/h3-24,33H,2H2,1H3,(H,37,41)(H,38,42)(H,39,40)/b31-24-. The van der Waals surface area contributed by atoms with Gasteiger partial charge in [-0.2, -0.15) is 0 Å². The smallest absolute Gasteiger partial charge is 0.272 e. The maximum Gasteiger partial charge on any atom is 0.272 e. The Labute approximate surface area is 270 Å². The van der Waals surface area contributed by atoms with Gasteiger partial charge in [-0.1, -0.05) is 66.7 Å². The number of rotatable bonds is 12. The first-order valence-electron chi connectivity index (χ1n) is 14.3. The Morgan fingerprint density at radius 1 is 0.800 bits per heavy atom. The molecule has 7 nitrogen and oxygen atoms in total. The van der Waals surface area contributed by atoms with E-state index in [1.165, 1.54) is 23.1 Å². The Bertz CT molecular complexity index is 1760. The van der Waals surface area contributed by atoms with Crippen molar-refractivity contribution in [2.75, 3.05) is 17.2 Å². The topological polar surface area (TPSA) is 96.5 Å². The van der Waals surface area contributed by atoms with Crippen LogP contribution in [0.25, 0.3) is 6.08 Å². The first kappa shape index (κ1) is 31.3. The third-order valence-corrected chi connectivity index (χ3v) is 8.60. The van der Waals surface area contributed by atoms with E-state index in [-0.39, 0.29) is 17.5 Å². The molecular weight excluding hydrogens is 603 g/mol. The third-order valence-electron chi connectivity index (χ3n) is 6.51. The van der Waals surface area contributed by atoms with E-state index in [4.69, 9.17) is 4.74 Å². The average molecular weight is 634 g/mol. The zero-order valence-electron chi connectivity index (χ0n) is 24.4. The Morgan fingerprint density at radius 3 is 2.18 bits per heavy atom. The van der Waals surface area contributed by atoms with Gasteiger partial charge >= 0.3 is 0 Å². The highest BCUT2D eigenvalue weighted by Gasteiger charge is 2.23. The molecule has 5 aromatic rings. The van der Waals surface area contributed by atoms with Crippen LogP contribution in [-0.2, 0) is 9.59 Å². The van der Waals surface area contributed by atoms with Crippen LogP contribution in [0.2, 0.25) is 0 Å². The lowest BCUT2D eigenvalue weighted by atomic mass is 10.1. The number of amides is 3. The van der Waals surface area contributed by atoms with Crippen LogP contribution in [0.3, 0.4) is 0 Å². The maximum absolute atomic E-state index is 13.6. The van der Waals surface area contributed by atoms with Crippen molar-refractivity contribution in [1.82, 2.24) is 5.32 Å². The summed E-state index contributed by atoms with van der Waals surface area (Å²) in [6.45, 7) is 2.38. The SMILES string of the molecule is CCOc1ccccc1NC(=O)C(Sc1ccc(NC(=O)/C(=C/c2cccs2)NC(=O)c2ccccc2)cc1)c1ccccc1. The zero-order chi connectivity index (χ0) is 31.4. The number of anilines is 2. The van der Waals surface area contributed by atoms with Crippen molar-refractivity contribution in [3.8, 4) is 5.75 Å². The van der Waals surface area contributed by atoms with Gasteiger partial charge in [-0.25, -0.2) is 0 Å². The van der Waals surface area contributed by atoms with Crippen LogP contribution in [-0.4, -0.2) is 24.3 Å². The maximum atomic E-state index is 13.6. The molecule has 5 rings (SSSR count). The van der Waals surface area contributed by atoms with Crippen LogP contribution in [0.4, 0.5) is 11.4 Å². The van der Waals surface area contributed by atoms with E-state index in [2.05, 4.69) is 16.0 Å². The summed E-state index contributed by atoms with van der Waals surface area (Å²) in [6.07, 6.45) is 1.65. The highest BCUT2D eigenvalue weighted by atomic mass is 32.2. The van der Waals surface area contributed by atoms with Gasteiger partial charge in [0, 0.05) is 21.0 Å². The van der Waals surface area contributed by atoms with Crippen molar-refractivity contribution in [3.63, 3.8) is 0 Å². The molecule has 0 saturated heterocycles. The van der Waals surface area contributed by atoms with Crippen LogP contribution >= 0.6 is 23.1 Å². The van der Waals surface area contributed by atoms with Crippen LogP contribution < -0.4 is 20.7 Å². The molecule has 3 N–H and O–H groups in total. The molecule has 0 aliphatic carbocycles. The zero-order valence-corrected chi connectivity index (χ0v) is 26.1. The quantitative estimate of drug-likeness (QED) is 0.0955. The monoisotopic (exact) mass is 633 g/mol. The summed E-state index contributed by atoms with van der Waals surface area (Å²) in [7, 11) is 0. The number of benzene rings is 4. The summed E-state index contributed by atoms with van der Waals surface area (Å²) in [6, 6.07) is 36.6. The second-order valence-corrected chi connectivity index (χ2v) is 11.9. The summed E-state index contributed by atoms with van der Waals surface area (Å²) in [5.41, 5.74) is 2.57. The Morgan fingerprint density at radius 2 is 1.49 bits per heavy atom. The normalized spacial score (nSPS) is 11.7. The molecule has 45 heavy (non-hydrogen) atoms. The first-order chi connectivity index (χ1) is 22.0. The van der Waals surface area contributed by atoms with Crippen molar-refractivity contribution < 1.29 is 19.1 Å². The predicted molar refractivity (Wildman–Crippen MR) is 183 cm³/mol. The molecule has 1 atom stereocenters. The van der Waals surface area contributed by atoms with Crippen LogP contribution in [0.1, 0.15) is 33.0 Å². The molecule has 1 heterocycles. The number of ether oxygens (including phenoxy) is 1. The van der Waals surface area contributed by atoms with Gasteiger partial charge in [0.15, 0.2) is 0 Å². The third kappa shape index (κ3) is 8.72. The predicted octanol–water partition coefficient (Wildman–Crippen LogP) is 8.03. The molecule has 0 saturated carbocycles. The summed E-state index contributed by atoms with van der Waals surface area (Å²) >= 11 is 2.86. The Hall–Kier alpha value is -5.12. The second-order valence-electron chi connectivity index (χ2n) is 9.70. The lowest BCUT2D eigenvalue weighted by Gasteiger charge is -2.19. The molecule has 4 aromatic carbocycles. The van der Waals surface area contributed by atoms with E-state index in [1.54, 1.807) is 42.5 Å². The minimum atomic E-state index is -0.546. The van der Waals surface area contributed by atoms with E-state index in [0.717, 1.165) is 15.3 Å². The van der Waals surface area contributed by atoms with Gasteiger partial charge in [0.25, 0.3) is 11.8 Å². The fraction of sp³-hybridized carbons (Fsp3) is 0.0833. The number of thiophene rings is 1. The van der Waals surface area contributed by atoms with Gasteiger partial charge < -0.3 is 20.7 Å². The number of hydrogen-bond acceptors (Lipinski definition) is 6. The minimum absolute atomic E-state index is 0.123. The largest absolute Gasteiger partial charge is 0.492 e. The van der Waals surface area contributed by atoms with Gasteiger partial charge in [0.2, 0.25) is 5.91 Å². The highest BCUT2D eigenvalue weighted by Crippen LogP contribution is 2.37. The molecule has 226 valence electrons. The molecule has 0 fully saturated rings. The Kier molecular flexibility index (Phi) is 10.8. The number of hydrogen-bond donors (Lipinski definition) is 3. The van der Waals surface area contributed by atoms with Crippen molar-refractivity contribution in [3.05, 3.63) is 148 Å². The van der Waals surface area contributed by atoms with Gasteiger partial charge in [0.05, 0.1) is 12.3 Å². The lowest BCUT2D eigenvalue weighted by Crippen LogP contribution is -2.30. The van der Waals surface area contributed by atoms with Gasteiger partial charge in [0.1, 0.15) is 16.7 Å². The molecule has 9 heteroatoms. The molecule has 1 aromatic heterocycles. The molecule has 0 aliphatic heterocycles. The number of para-hydroxylation sites is 2. The summed E-state index contributed by atoms with van der Waals surface area (Å²) in [4.78, 5) is 41.4.